The van der Waals surface area contributed by atoms with Gasteiger partial charge in [-0.1, -0.05) is 18.6 Å². The van der Waals surface area contributed by atoms with E-state index < -0.39 is 5.97 Å². The Morgan fingerprint density at radius 2 is 1.93 bits per heavy atom. The minimum Gasteiger partial charge on any atom is -0.481 e. The number of carbonyl (C=O) groups excluding carboxylic acids is 1. The molecule has 0 aromatic heterocycles. The van der Waals surface area contributed by atoms with Crippen LogP contribution in [0.5, 0.6) is 0 Å². The highest BCUT2D eigenvalue weighted by Crippen LogP contribution is 2.06. The number of carboxylic acid groups (broad SMARTS) is 1. The molecule has 86 valence electrons. The minimum absolute atomic E-state index is 0.0378. The molecule has 0 radical (unpaired) electrons. The number of carbonyl (C=O) groups is 2. The molecule has 0 aliphatic heterocycles. The molecule has 0 saturated heterocycles. The van der Waals surface area contributed by atoms with E-state index in [9.17, 15) is 9.59 Å². The van der Waals surface area contributed by atoms with Gasteiger partial charge in [0.1, 0.15) is 0 Å². The van der Waals surface area contributed by atoms with Gasteiger partial charge in [-0.25, -0.2) is 0 Å². The summed E-state index contributed by atoms with van der Waals surface area (Å²) in [6, 6.07) is 0. The van der Waals surface area contributed by atoms with Crippen molar-refractivity contribution in [3.8, 4) is 0 Å². The van der Waals surface area contributed by atoms with E-state index in [2.05, 4.69) is 5.32 Å². The van der Waals surface area contributed by atoms with Crippen LogP contribution in [0.4, 0.5) is 0 Å². The summed E-state index contributed by atoms with van der Waals surface area (Å²) in [5.74, 6) is -1.07. The molecule has 0 spiro atoms. The van der Waals surface area contributed by atoms with Crippen molar-refractivity contribution in [3.63, 3.8) is 0 Å². The Hall–Kier alpha value is -1.32. The van der Waals surface area contributed by atoms with Gasteiger partial charge in [0.15, 0.2) is 0 Å². The molecule has 0 aliphatic carbocycles. The number of hydrogen-bond acceptors (Lipinski definition) is 2. The van der Waals surface area contributed by atoms with Gasteiger partial charge < -0.3 is 10.4 Å². The number of rotatable bonds is 6. The monoisotopic (exact) mass is 213 g/mol. The Bertz CT molecular complexity index is 255. The van der Waals surface area contributed by atoms with E-state index in [1.807, 2.05) is 19.9 Å². The molecule has 0 aromatic rings. The second-order valence-corrected chi connectivity index (χ2v) is 3.99. The Balaban J connectivity index is 3.74. The van der Waals surface area contributed by atoms with Crippen molar-refractivity contribution in [2.75, 3.05) is 6.54 Å². The zero-order valence-electron chi connectivity index (χ0n) is 9.54. The molecule has 0 aromatic carbocycles. The fourth-order valence-electron chi connectivity index (χ4n) is 1.13. The summed E-state index contributed by atoms with van der Waals surface area (Å²) in [5.41, 5.74) is 1.15. The average molecular weight is 213 g/mol. The Labute approximate surface area is 90.4 Å². The lowest BCUT2D eigenvalue weighted by Crippen LogP contribution is -2.25. The molecule has 0 aliphatic rings. The van der Waals surface area contributed by atoms with Gasteiger partial charge in [0.2, 0.25) is 5.91 Å². The minimum atomic E-state index is -0.861. The maximum Gasteiger partial charge on any atom is 0.303 e. The van der Waals surface area contributed by atoms with E-state index >= 15 is 0 Å². The molecule has 0 bridgehead atoms. The van der Waals surface area contributed by atoms with Gasteiger partial charge in [0.25, 0.3) is 0 Å². The predicted octanol–water partition coefficient (Wildman–Crippen LogP) is 1.57. The van der Waals surface area contributed by atoms with E-state index in [4.69, 9.17) is 5.11 Å². The van der Waals surface area contributed by atoms with E-state index in [0.29, 0.717) is 6.54 Å². The van der Waals surface area contributed by atoms with Crippen molar-refractivity contribution in [1.82, 2.24) is 5.32 Å². The van der Waals surface area contributed by atoms with E-state index in [-0.39, 0.29) is 24.7 Å². The molecule has 0 saturated carbocycles. The van der Waals surface area contributed by atoms with Gasteiger partial charge >= 0.3 is 5.97 Å². The molecule has 0 heterocycles. The van der Waals surface area contributed by atoms with Gasteiger partial charge in [0, 0.05) is 19.4 Å². The Morgan fingerprint density at radius 3 is 2.40 bits per heavy atom. The number of carboxylic acids is 1. The lowest BCUT2D eigenvalue weighted by atomic mass is 10.0. The van der Waals surface area contributed by atoms with Gasteiger partial charge in [0.05, 0.1) is 0 Å². The molecule has 0 rings (SSSR count). The Kier molecular flexibility index (Phi) is 6.42. The van der Waals surface area contributed by atoms with Crippen molar-refractivity contribution in [3.05, 3.63) is 11.6 Å². The zero-order valence-corrected chi connectivity index (χ0v) is 9.54. The zero-order chi connectivity index (χ0) is 11.8. The van der Waals surface area contributed by atoms with E-state index in [1.165, 1.54) is 0 Å². The third-order valence-electron chi connectivity index (χ3n) is 1.87. The molecule has 1 amide bonds. The molecule has 2 N–H and O–H groups in total. The van der Waals surface area contributed by atoms with Crippen LogP contribution in [0, 0.1) is 5.92 Å². The van der Waals surface area contributed by atoms with Crippen LogP contribution in [-0.4, -0.2) is 23.5 Å². The summed E-state index contributed by atoms with van der Waals surface area (Å²) in [7, 11) is 0. The van der Waals surface area contributed by atoms with Gasteiger partial charge in [-0.15, -0.1) is 0 Å². The van der Waals surface area contributed by atoms with E-state index in [1.54, 1.807) is 6.92 Å². The van der Waals surface area contributed by atoms with Crippen LogP contribution in [0.25, 0.3) is 0 Å². The summed E-state index contributed by atoms with van der Waals surface area (Å²) < 4.78 is 0. The smallest absolute Gasteiger partial charge is 0.303 e. The third kappa shape index (κ3) is 9.00. The van der Waals surface area contributed by atoms with Crippen molar-refractivity contribution < 1.29 is 14.7 Å². The van der Waals surface area contributed by atoms with Crippen molar-refractivity contribution in [2.45, 2.75) is 33.6 Å². The number of hydrogen-bond donors (Lipinski definition) is 2. The number of allylic oxidation sites excluding steroid dienone is 1. The van der Waals surface area contributed by atoms with Crippen LogP contribution in [0.2, 0.25) is 0 Å². The summed E-state index contributed by atoms with van der Waals surface area (Å²) in [4.78, 5) is 21.6. The van der Waals surface area contributed by atoms with Crippen LogP contribution < -0.4 is 5.32 Å². The lowest BCUT2D eigenvalue weighted by molar-refractivity contribution is -0.138. The normalized spacial score (nSPS) is 11.7. The van der Waals surface area contributed by atoms with Crippen LogP contribution in [0.3, 0.4) is 0 Å². The van der Waals surface area contributed by atoms with Crippen LogP contribution in [0.15, 0.2) is 11.6 Å². The second-order valence-electron chi connectivity index (χ2n) is 3.99. The maximum absolute atomic E-state index is 11.3. The molecular weight excluding hydrogens is 194 g/mol. The molecule has 1 atom stereocenters. The summed E-state index contributed by atoms with van der Waals surface area (Å²) in [6.45, 7) is 6.19. The third-order valence-corrected chi connectivity index (χ3v) is 1.87. The van der Waals surface area contributed by atoms with E-state index in [0.717, 1.165) is 5.57 Å². The van der Waals surface area contributed by atoms with Gasteiger partial charge in [-0.05, 0) is 19.8 Å². The molecule has 4 heteroatoms. The topological polar surface area (TPSA) is 66.4 Å². The quantitative estimate of drug-likeness (QED) is 0.658. The second kappa shape index (κ2) is 7.04. The number of amides is 1. The molecule has 1 unspecified atom stereocenters. The standard InChI is InChI=1S/C11H19NO3/c1-8(2)4-5-12-10(13)6-9(3)7-11(14)15/h4,9H,5-7H2,1-3H3,(H,12,13)(H,14,15). The summed E-state index contributed by atoms with van der Waals surface area (Å²) in [6.07, 6.45) is 2.22. The SMILES string of the molecule is CC(C)=CCNC(=O)CC(C)CC(=O)O. The fourth-order valence-corrected chi connectivity index (χ4v) is 1.13. The average Bonchev–Trinajstić information content (AvgIpc) is 2.00. The first-order chi connectivity index (χ1) is 6.91. The highest BCUT2D eigenvalue weighted by Gasteiger charge is 2.11. The Morgan fingerprint density at radius 1 is 1.33 bits per heavy atom. The lowest BCUT2D eigenvalue weighted by Gasteiger charge is -2.08. The fraction of sp³-hybridized carbons (Fsp3) is 0.636. The largest absolute Gasteiger partial charge is 0.481 e. The first-order valence-corrected chi connectivity index (χ1v) is 5.03. The van der Waals surface area contributed by atoms with Crippen LogP contribution in [-0.2, 0) is 9.59 Å². The van der Waals surface area contributed by atoms with Crippen molar-refractivity contribution >= 4 is 11.9 Å². The van der Waals surface area contributed by atoms with Crippen molar-refractivity contribution in [1.29, 1.82) is 0 Å². The first-order valence-electron chi connectivity index (χ1n) is 5.03. The number of nitrogens with one attached hydrogen (secondary N) is 1. The van der Waals surface area contributed by atoms with Gasteiger partial charge in [-0.3, -0.25) is 9.59 Å². The van der Waals surface area contributed by atoms with Crippen molar-refractivity contribution in [2.24, 2.45) is 5.92 Å². The summed E-state index contributed by atoms with van der Waals surface area (Å²) in [5, 5.41) is 11.2. The highest BCUT2D eigenvalue weighted by atomic mass is 16.4. The van der Waals surface area contributed by atoms with Gasteiger partial charge in [-0.2, -0.15) is 0 Å². The highest BCUT2D eigenvalue weighted by molar-refractivity contribution is 5.77. The molecule has 0 fully saturated rings. The predicted molar refractivity (Wildman–Crippen MR) is 58.5 cm³/mol. The molecular formula is C11H19NO3. The van der Waals surface area contributed by atoms with Crippen LogP contribution >= 0.6 is 0 Å². The maximum atomic E-state index is 11.3. The first kappa shape index (κ1) is 13.7. The molecule has 4 nitrogen and oxygen atoms in total. The summed E-state index contributed by atoms with van der Waals surface area (Å²) >= 11 is 0. The number of aliphatic carboxylic acids is 1. The molecule has 15 heavy (non-hydrogen) atoms. The van der Waals surface area contributed by atoms with Crippen LogP contribution in [0.1, 0.15) is 33.6 Å².